The molecule has 0 fully saturated rings. The Bertz CT molecular complexity index is 2880. The lowest BCUT2D eigenvalue weighted by molar-refractivity contribution is 0.673. The lowest BCUT2D eigenvalue weighted by atomic mass is 9.95. The van der Waals surface area contributed by atoms with Gasteiger partial charge in [0, 0.05) is 32.8 Å². The number of fused-ring (bicyclic) bond motifs is 8. The molecule has 4 nitrogen and oxygen atoms in total. The quantitative estimate of drug-likeness (QED) is 0.183. The minimum absolute atomic E-state index is 0.602. The van der Waals surface area contributed by atoms with Gasteiger partial charge in [-0.15, -0.1) is 0 Å². The lowest BCUT2D eigenvalue weighted by Crippen LogP contribution is -2.00. The largest absolute Gasteiger partial charge is 0.455 e. The van der Waals surface area contributed by atoms with Gasteiger partial charge in [-0.25, -0.2) is 15.0 Å². The fraction of sp³-hybridized carbons (Fsp3) is 0. The predicted octanol–water partition coefficient (Wildman–Crippen LogP) is 11.9. The van der Waals surface area contributed by atoms with Crippen LogP contribution in [0, 0.1) is 0 Å². The molecule has 4 heteroatoms. The van der Waals surface area contributed by atoms with Crippen LogP contribution in [-0.4, -0.2) is 15.0 Å². The zero-order chi connectivity index (χ0) is 32.3. The fourth-order valence-electron chi connectivity index (χ4n) is 7.10. The summed E-state index contributed by atoms with van der Waals surface area (Å²) < 4.78 is 6.87. The van der Waals surface area contributed by atoms with E-state index in [1.165, 1.54) is 5.39 Å². The van der Waals surface area contributed by atoms with Gasteiger partial charge in [0.15, 0.2) is 17.5 Å². The summed E-state index contributed by atoms with van der Waals surface area (Å²) in [6.07, 6.45) is 0. The van der Waals surface area contributed by atoms with E-state index in [0.717, 1.165) is 76.7 Å². The van der Waals surface area contributed by atoms with E-state index in [9.17, 15) is 0 Å². The topological polar surface area (TPSA) is 51.8 Å². The first-order valence-electron chi connectivity index (χ1n) is 16.4. The Hall–Kier alpha value is -6.65. The fourth-order valence-corrected chi connectivity index (χ4v) is 7.10. The Morgan fingerprint density at radius 1 is 0.347 bits per heavy atom. The molecule has 2 heterocycles. The van der Waals surface area contributed by atoms with E-state index in [4.69, 9.17) is 19.4 Å². The van der Waals surface area contributed by atoms with E-state index < -0.39 is 0 Å². The highest BCUT2D eigenvalue weighted by Crippen LogP contribution is 2.44. The van der Waals surface area contributed by atoms with Gasteiger partial charge in [0.2, 0.25) is 0 Å². The summed E-state index contributed by atoms with van der Waals surface area (Å²) in [6, 6.07) is 56.8. The Morgan fingerprint density at radius 3 is 1.73 bits per heavy atom. The molecular weight excluding hydrogens is 599 g/mol. The average Bonchev–Trinajstić information content (AvgIpc) is 3.55. The Balaban J connectivity index is 1.31. The van der Waals surface area contributed by atoms with Crippen molar-refractivity contribution in [1.29, 1.82) is 0 Å². The van der Waals surface area contributed by atoms with E-state index in [2.05, 4.69) is 127 Å². The third-order valence-corrected chi connectivity index (χ3v) is 9.45. The molecule has 49 heavy (non-hydrogen) atoms. The molecule has 0 aliphatic heterocycles. The van der Waals surface area contributed by atoms with Crippen molar-refractivity contribution < 1.29 is 4.42 Å². The molecule has 10 rings (SSSR count). The normalized spacial score (nSPS) is 11.7. The monoisotopic (exact) mass is 625 g/mol. The molecule has 0 aliphatic rings. The van der Waals surface area contributed by atoms with Crippen molar-refractivity contribution in [2.75, 3.05) is 0 Å². The second-order valence-corrected chi connectivity index (χ2v) is 12.4. The molecule has 0 spiro atoms. The van der Waals surface area contributed by atoms with Crippen LogP contribution in [0.3, 0.4) is 0 Å². The van der Waals surface area contributed by atoms with Crippen LogP contribution in [0.5, 0.6) is 0 Å². The van der Waals surface area contributed by atoms with Crippen LogP contribution in [0.25, 0.3) is 99.5 Å². The molecule has 0 N–H and O–H groups in total. The summed E-state index contributed by atoms with van der Waals surface area (Å²) >= 11 is 0. The van der Waals surface area contributed by atoms with E-state index in [0.29, 0.717) is 17.5 Å². The maximum Gasteiger partial charge on any atom is 0.164 e. The third kappa shape index (κ3) is 4.57. The summed E-state index contributed by atoms with van der Waals surface area (Å²) in [5, 5.41) is 8.80. The summed E-state index contributed by atoms with van der Waals surface area (Å²) in [5.74, 6) is 1.84. The standard InChI is InChI=1S/C45H27N3O/c1-3-12-28(13-4-1)31-19-11-20-35(24-31)44-46-43(30-15-5-2-6-16-30)47-45(48-44)38-26-34-23-22-29-14-9-10-21-36(29)40(34)42-41(38)37-25-32-17-7-8-18-33(32)27-39(37)49-42/h1-27H. The number of aromatic nitrogens is 3. The van der Waals surface area contributed by atoms with Gasteiger partial charge in [0.1, 0.15) is 11.2 Å². The van der Waals surface area contributed by atoms with Crippen LogP contribution in [0.2, 0.25) is 0 Å². The molecule has 10 aromatic rings. The molecule has 0 amide bonds. The highest BCUT2D eigenvalue weighted by atomic mass is 16.3. The van der Waals surface area contributed by atoms with Crippen molar-refractivity contribution >= 4 is 54.3 Å². The van der Waals surface area contributed by atoms with Gasteiger partial charge >= 0.3 is 0 Å². The molecule has 0 aliphatic carbocycles. The number of hydrogen-bond acceptors (Lipinski definition) is 4. The molecule has 0 saturated heterocycles. The van der Waals surface area contributed by atoms with Crippen LogP contribution in [0.4, 0.5) is 0 Å². The second kappa shape index (κ2) is 11.0. The van der Waals surface area contributed by atoms with Gasteiger partial charge in [-0.3, -0.25) is 0 Å². The molecule has 0 radical (unpaired) electrons. The maximum atomic E-state index is 6.87. The molecular formula is C45H27N3O. The van der Waals surface area contributed by atoms with Gasteiger partial charge in [-0.05, 0) is 62.3 Å². The molecule has 0 unspecified atom stereocenters. The third-order valence-electron chi connectivity index (χ3n) is 9.45. The van der Waals surface area contributed by atoms with Crippen molar-refractivity contribution in [2.24, 2.45) is 0 Å². The first-order chi connectivity index (χ1) is 24.3. The molecule has 0 saturated carbocycles. The van der Waals surface area contributed by atoms with Crippen molar-refractivity contribution in [3.63, 3.8) is 0 Å². The van der Waals surface area contributed by atoms with Gasteiger partial charge in [-0.1, -0.05) is 140 Å². The number of rotatable bonds is 4. The predicted molar refractivity (Wildman–Crippen MR) is 201 cm³/mol. The first kappa shape index (κ1) is 27.5. The van der Waals surface area contributed by atoms with Gasteiger partial charge in [0.05, 0.1) is 0 Å². The highest BCUT2D eigenvalue weighted by Gasteiger charge is 2.22. The van der Waals surface area contributed by atoms with Gasteiger partial charge in [-0.2, -0.15) is 0 Å². The number of nitrogens with zero attached hydrogens (tertiary/aromatic N) is 3. The SMILES string of the molecule is c1ccc(-c2cccc(-c3nc(-c4ccccc4)nc(-c4cc5ccc6ccccc6c5c5oc6cc7ccccc7cc6c45)n3)c2)cc1. The van der Waals surface area contributed by atoms with Gasteiger partial charge in [0.25, 0.3) is 0 Å². The van der Waals surface area contributed by atoms with Crippen molar-refractivity contribution in [3.8, 4) is 45.3 Å². The van der Waals surface area contributed by atoms with E-state index >= 15 is 0 Å². The van der Waals surface area contributed by atoms with E-state index in [1.54, 1.807) is 0 Å². The maximum absolute atomic E-state index is 6.87. The minimum atomic E-state index is 0.602. The molecule has 228 valence electrons. The molecule has 2 aromatic heterocycles. The lowest BCUT2D eigenvalue weighted by Gasteiger charge is -2.12. The van der Waals surface area contributed by atoms with E-state index in [1.807, 2.05) is 36.4 Å². The number of furan rings is 1. The number of benzene rings is 8. The molecule has 0 bridgehead atoms. The van der Waals surface area contributed by atoms with Crippen LogP contribution in [-0.2, 0) is 0 Å². The summed E-state index contributed by atoms with van der Waals surface area (Å²) in [7, 11) is 0. The summed E-state index contributed by atoms with van der Waals surface area (Å²) in [5.41, 5.74) is 6.68. The zero-order valence-corrected chi connectivity index (χ0v) is 26.3. The van der Waals surface area contributed by atoms with Gasteiger partial charge < -0.3 is 4.42 Å². The van der Waals surface area contributed by atoms with Crippen molar-refractivity contribution in [2.45, 2.75) is 0 Å². The van der Waals surface area contributed by atoms with E-state index in [-0.39, 0.29) is 0 Å². The minimum Gasteiger partial charge on any atom is -0.455 e. The Kier molecular flexibility index (Phi) is 6.15. The Morgan fingerprint density at radius 2 is 0.939 bits per heavy atom. The highest BCUT2D eigenvalue weighted by molar-refractivity contribution is 6.27. The average molecular weight is 626 g/mol. The van der Waals surface area contributed by atoms with Crippen LogP contribution >= 0.6 is 0 Å². The molecule has 0 atom stereocenters. The molecule has 8 aromatic carbocycles. The second-order valence-electron chi connectivity index (χ2n) is 12.4. The number of hydrogen-bond donors (Lipinski definition) is 0. The van der Waals surface area contributed by atoms with Crippen LogP contribution < -0.4 is 0 Å². The smallest absolute Gasteiger partial charge is 0.164 e. The summed E-state index contributed by atoms with van der Waals surface area (Å²) in [6.45, 7) is 0. The zero-order valence-electron chi connectivity index (χ0n) is 26.3. The van der Waals surface area contributed by atoms with Crippen molar-refractivity contribution in [3.05, 3.63) is 164 Å². The van der Waals surface area contributed by atoms with Crippen LogP contribution in [0.15, 0.2) is 168 Å². The van der Waals surface area contributed by atoms with Crippen molar-refractivity contribution in [1.82, 2.24) is 15.0 Å². The first-order valence-corrected chi connectivity index (χ1v) is 16.4. The Labute approximate surface area is 282 Å². The summed E-state index contributed by atoms with van der Waals surface area (Å²) in [4.78, 5) is 15.5. The van der Waals surface area contributed by atoms with Crippen LogP contribution in [0.1, 0.15) is 0 Å².